The van der Waals surface area contributed by atoms with Gasteiger partial charge in [0.2, 0.25) is 17.6 Å². The summed E-state index contributed by atoms with van der Waals surface area (Å²) in [6.07, 6.45) is 8.43. The summed E-state index contributed by atoms with van der Waals surface area (Å²) in [5, 5.41) is 4.45. The molecule has 3 fully saturated rings. The second-order valence-electron chi connectivity index (χ2n) is 10.5. The quantitative estimate of drug-likeness (QED) is 0.410. The van der Waals surface area contributed by atoms with Crippen LogP contribution in [0.3, 0.4) is 0 Å². The van der Waals surface area contributed by atoms with Gasteiger partial charge in [-0.05, 0) is 43.7 Å². The summed E-state index contributed by atoms with van der Waals surface area (Å²) in [4.78, 5) is 31.5. The number of aromatic nitrogens is 6. The lowest BCUT2D eigenvalue weighted by atomic mass is 9.89. The highest BCUT2D eigenvalue weighted by Crippen LogP contribution is 2.47. The molecule has 1 aliphatic heterocycles. The molecule has 0 bridgehead atoms. The molecule has 1 saturated heterocycles. The second kappa shape index (κ2) is 8.95. The molecule has 0 unspecified atom stereocenters. The molecule has 10 nitrogen and oxygen atoms in total. The van der Waals surface area contributed by atoms with E-state index in [-0.39, 0.29) is 17.2 Å². The van der Waals surface area contributed by atoms with Gasteiger partial charge in [0.25, 0.3) is 0 Å². The number of hydrogen-bond donors (Lipinski definition) is 1. The van der Waals surface area contributed by atoms with Crippen molar-refractivity contribution in [2.75, 3.05) is 24.7 Å². The van der Waals surface area contributed by atoms with Crippen LogP contribution in [0.5, 0.6) is 0 Å². The minimum atomic E-state index is -0.657. The van der Waals surface area contributed by atoms with Gasteiger partial charge in [0.1, 0.15) is 11.2 Å². The molecule has 2 saturated carbocycles. The largest absolute Gasteiger partial charge is 0.439 e. The van der Waals surface area contributed by atoms with E-state index in [4.69, 9.17) is 35.8 Å². The molecule has 4 heterocycles. The topological polar surface area (TPSA) is 115 Å². The van der Waals surface area contributed by atoms with Gasteiger partial charge in [0.05, 0.1) is 18.8 Å². The van der Waals surface area contributed by atoms with Crippen molar-refractivity contribution in [1.29, 1.82) is 0 Å². The van der Waals surface area contributed by atoms with Crippen molar-refractivity contribution in [3.05, 3.63) is 39.8 Å². The van der Waals surface area contributed by atoms with E-state index in [0.717, 1.165) is 49.6 Å². The predicted molar refractivity (Wildman–Crippen MR) is 139 cm³/mol. The van der Waals surface area contributed by atoms with Crippen molar-refractivity contribution < 1.29 is 9.26 Å². The number of aromatic amines is 1. The number of anilines is 1. The van der Waals surface area contributed by atoms with Crippen LogP contribution in [0, 0.1) is 5.92 Å². The lowest BCUT2D eigenvalue weighted by molar-refractivity contribution is 0.0850. The molecule has 0 amide bonds. The highest BCUT2D eigenvalue weighted by molar-refractivity contribution is 6.30. The minimum absolute atomic E-state index is 0.00771. The molecule has 0 radical (unpaired) electrons. The second-order valence-corrected chi connectivity index (χ2v) is 10.9. The molecule has 7 rings (SSSR count). The van der Waals surface area contributed by atoms with Crippen LogP contribution in [-0.2, 0) is 11.3 Å². The summed E-state index contributed by atoms with van der Waals surface area (Å²) < 4.78 is 13.0. The van der Waals surface area contributed by atoms with Gasteiger partial charge < -0.3 is 14.2 Å². The normalized spacial score (nSPS) is 19.6. The van der Waals surface area contributed by atoms with E-state index in [1.54, 1.807) is 0 Å². The third-order valence-corrected chi connectivity index (χ3v) is 8.20. The maximum atomic E-state index is 11.7. The number of fused-ring (bicyclic) bond motifs is 1. The molecule has 4 aromatic rings. The summed E-state index contributed by atoms with van der Waals surface area (Å²) in [5.74, 6) is 1.26. The van der Waals surface area contributed by atoms with Crippen LogP contribution < -0.4 is 10.7 Å². The maximum absolute atomic E-state index is 11.7. The summed E-state index contributed by atoms with van der Waals surface area (Å²) in [7, 11) is 0. The van der Waals surface area contributed by atoms with Crippen LogP contribution in [0.4, 0.5) is 5.95 Å². The number of nitrogens with zero attached hydrogens (tertiary/aromatic N) is 6. The molecule has 3 aromatic heterocycles. The Morgan fingerprint density at radius 3 is 2.76 bits per heavy atom. The van der Waals surface area contributed by atoms with E-state index >= 15 is 0 Å². The summed E-state index contributed by atoms with van der Waals surface area (Å²) in [5.41, 5.74) is 3.01. The van der Waals surface area contributed by atoms with Crippen LogP contribution in [0.25, 0.3) is 34.1 Å². The van der Waals surface area contributed by atoms with Gasteiger partial charge in [-0.15, -0.1) is 0 Å². The van der Waals surface area contributed by atoms with Crippen molar-refractivity contribution in [3.63, 3.8) is 0 Å². The van der Waals surface area contributed by atoms with Gasteiger partial charge in [-0.2, -0.15) is 4.98 Å². The number of nitrogens with one attached hydrogen (secondary N) is 1. The molecule has 37 heavy (non-hydrogen) atoms. The fraction of sp³-hybridized carbons (Fsp3) is 0.500. The third-order valence-electron chi connectivity index (χ3n) is 7.97. The molecule has 0 atom stereocenters. The average molecular weight is 522 g/mol. The Bertz CT molecular complexity index is 1520. The fourth-order valence-corrected chi connectivity index (χ4v) is 6.09. The predicted octanol–water partition coefficient (Wildman–Crippen LogP) is 4.44. The first-order valence-corrected chi connectivity index (χ1v) is 13.4. The third kappa shape index (κ3) is 4.12. The Kier molecular flexibility index (Phi) is 5.54. The summed E-state index contributed by atoms with van der Waals surface area (Å²) >= 11 is 6.41. The monoisotopic (exact) mass is 521 g/mol. The molecular weight excluding hydrogens is 494 g/mol. The minimum Gasteiger partial charge on any atom is -0.377 e. The number of ether oxygens (including phenoxy) is 1. The van der Waals surface area contributed by atoms with Crippen LogP contribution in [-0.4, -0.2) is 55.0 Å². The number of morpholine rings is 1. The molecule has 1 spiro atoms. The molecule has 192 valence electrons. The standard InChI is InChI=1S/C26H28ClN7O3/c27-18-8-4-7-17(13-18)19-20-21(29-22(28-19)23-31-25(35)37-32-23)30-24(33(20)14-16-5-2-1-3-6-16)34-11-12-36-15-26(34)9-10-26/h4,7-8,13,16H,1-3,5-6,9-12,14-15H2,(H,31,32,35). The molecule has 3 aliphatic rings. The number of H-pyrrole nitrogens is 1. The van der Waals surface area contributed by atoms with E-state index in [1.807, 2.05) is 24.3 Å². The van der Waals surface area contributed by atoms with Crippen molar-refractivity contribution in [2.45, 2.75) is 57.0 Å². The zero-order valence-corrected chi connectivity index (χ0v) is 21.2. The SMILES string of the molecule is O=c1[nH]c(-c2nc(-c3cccc(Cl)c3)c3c(n2)nc(N2CCOCC24CC4)n3CC2CCCCC2)no1. The van der Waals surface area contributed by atoms with Crippen LogP contribution in [0.15, 0.2) is 33.6 Å². The summed E-state index contributed by atoms with van der Waals surface area (Å²) in [6.45, 7) is 3.04. The van der Waals surface area contributed by atoms with Crippen molar-refractivity contribution in [3.8, 4) is 22.9 Å². The van der Waals surface area contributed by atoms with Crippen molar-refractivity contribution >= 4 is 28.7 Å². The van der Waals surface area contributed by atoms with Gasteiger partial charge in [-0.25, -0.2) is 14.8 Å². The van der Waals surface area contributed by atoms with E-state index in [1.165, 1.54) is 32.1 Å². The summed E-state index contributed by atoms with van der Waals surface area (Å²) in [6, 6.07) is 7.63. The van der Waals surface area contributed by atoms with Gasteiger partial charge in [-0.3, -0.25) is 9.51 Å². The Hall–Kier alpha value is -3.24. The Balaban J connectivity index is 1.47. The fourth-order valence-electron chi connectivity index (χ4n) is 5.90. The molecule has 1 N–H and O–H groups in total. The van der Waals surface area contributed by atoms with E-state index in [9.17, 15) is 4.79 Å². The molecular formula is C26H28ClN7O3. The van der Waals surface area contributed by atoms with Crippen LogP contribution in [0.2, 0.25) is 5.02 Å². The zero-order chi connectivity index (χ0) is 25.0. The van der Waals surface area contributed by atoms with Crippen molar-refractivity contribution in [2.24, 2.45) is 5.92 Å². The zero-order valence-electron chi connectivity index (χ0n) is 20.5. The molecule has 1 aromatic carbocycles. The number of hydrogen-bond acceptors (Lipinski definition) is 8. The molecule has 2 aliphatic carbocycles. The van der Waals surface area contributed by atoms with Crippen LogP contribution in [0.1, 0.15) is 44.9 Å². The number of rotatable bonds is 5. The lowest BCUT2D eigenvalue weighted by Gasteiger charge is -2.37. The first kappa shape index (κ1) is 22.9. The van der Waals surface area contributed by atoms with Gasteiger partial charge in [-0.1, -0.05) is 48.2 Å². The van der Waals surface area contributed by atoms with E-state index < -0.39 is 5.76 Å². The van der Waals surface area contributed by atoms with Gasteiger partial charge >= 0.3 is 5.76 Å². The first-order valence-electron chi connectivity index (χ1n) is 13.1. The maximum Gasteiger partial charge on any atom is 0.439 e. The van der Waals surface area contributed by atoms with Crippen molar-refractivity contribution in [1.82, 2.24) is 29.7 Å². The Labute approximate surface area is 218 Å². The number of halogens is 1. The Morgan fingerprint density at radius 1 is 1.14 bits per heavy atom. The number of benzene rings is 1. The Morgan fingerprint density at radius 2 is 2.00 bits per heavy atom. The first-order chi connectivity index (χ1) is 18.1. The van der Waals surface area contributed by atoms with Gasteiger partial charge in [0, 0.05) is 23.7 Å². The smallest absolute Gasteiger partial charge is 0.377 e. The molecule has 11 heteroatoms. The number of imidazole rings is 1. The highest BCUT2D eigenvalue weighted by Gasteiger charge is 2.51. The van der Waals surface area contributed by atoms with Crippen LogP contribution >= 0.6 is 11.6 Å². The van der Waals surface area contributed by atoms with E-state index in [2.05, 4.69) is 19.6 Å². The van der Waals surface area contributed by atoms with E-state index in [0.29, 0.717) is 28.9 Å². The van der Waals surface area contributed by atoms with Gasteiger partial charge in [0.15, 0.2) is 5.65 Å². The lowest BCUT2D eigenvalue weighted by Crippen LogP contribution is -2.49. The average Bonchev–Trinajstić information content (AvgIpc) is 3.38. The highest BCUT2D eigenvalue weighted by atomic mass is 35.5.